The molecule has 1 aromatic carbocycles. The van der Waals surface area contributed by atoms with Crippen molar-refractivity contribution < 1.29 is 4.79 Å². The second-order valence-corrected chi connectivity index (χ2v) is 6.38. The van der Waals surface area contributed by atoms with Gasteiger partial charge in [0.05, 0.1) is 12.2 Å². The van der Waals surface area contributed by atoms with Crippen LogP contribution in [0.2, 0.25) is 0 Å². The van der Waals surface area contributed by atoms with E-state index in [4.69, 9.17) is 0 Å². The lowest BCUT2D eigenvalue weighted by molar-refractivity contribution is 0.0927. The zero-order valence-corrected chi connectivity index (χ0v) is 14.3. The maximum Gasteiger partial charge on any atom is 0.271 e. The van der Waals surface area contributed by atoms with Crippen molar-refractivity contribution in [3.8, 4) is 0 Å². The Balaban J connectivity index is 1.72. The van der Waals surface area contributed by atoms with E-state index in [0.29, 0.717) is 6.54 Å². The third-order valence-electron chi connectivity index (χ3n) is 4.63. The molecule has 3 rings (SSSR count). The predicted molar refractivity (Wildman–Crippen MR) is 96.4 cm³/mol. The molecule has 0 saturated carbocycles. The maximum atomic E-state index is 12.3. The molecule has 0 radical (unpaired) electrons. The monoisotopic (exact) mass is 340 g/mol. The highest BCUT2D eigenvalue weighted by atomic mass is 16.2. The van der Waals surface area contributed by atoms with Crippen LogP contribution in [0.5, 0.6) is 0 Å². The first-order chi connectivity index (χ1) is 12.2. The molecule has 6 nitrogen and oxygen atoms in total. The van der Waals surface area contributed by atoms with Crippen LogP contribution in [-0.4, -0.2) is 40.4 Å². The molecule has 132 valence electrons. The smallest absolute Gasteiger partial charge is 0.271 e. The standard InChI is InChI=1S/C19H24N4O2/c24-18-14-20-16(12-21-18)19(25)22-13-17(15-8-4-3-5-9-15)23-10-6-1-2-7-11-23/h3-5,8-9,12,14,17H,1-2,6-7,10-11,13H2,(H,21,24)(H,22,25)/t17-/m0/s1. The summed E-state index contributed by atoms with van der Waals surface area (Å²) in [4.78, 5) is 32.2. The van der Waals surface area contributed by atoms with Crippen LogP contribution in [0, 0.1) is 0 Å². The van der Waals surface area contributed by atoms with E-state index in [-0.39, 0.29) is 23.2 Å². The number of benzene rings is 1. The number of aromatic amines is 1. The topological polar surface area (TPSA) is 78.1 Å². The Hall–Kier alpha value is -2.47. The van der Waals surface area contributed by atoms with Crippen molar-refractivity contribution in [2.75, 3.05) is 19.6 Å². The number of amides is 1. The molecule has 1 amide bonds. The van der Waals surface area contributed by atoms with Gasteiger partial charge in [-0.2, -0.15) is 0 Å². The molecule has 0 bridgehead atoms. The summed E-state index contributed by atoms with van der Waals surface area (Å²) in [7, 11) is 0. The van der Waals surface area contributed by atoms with E-state index in [9.17, 15) is 9.59 Å². The second kappa shape index (κ2) is 8.58. The van der Waals surface area contributed by atoms with Crippen molar-refractivity contribution >= 4 is 5.91 Å². The van der Waals surface area contributed by atoms with E-state index >= 15 is 0 Å². The van der Waals surface area contributed by atoms with Crippen LogP contribution in [0.1, 0.15) is 47.8 Å². The van der Waals surface area contributed by atoms with Crippen LogP contribution < -0.4 is 10.9 Å². The van der Waals surface area contributed by atoms with E-state index in [1.807, 2.05) is 18.2 Å². The molecule has 2 heterocycles. The minimum absolute atomic E-state index is 0.144. The summed E-state index contributed by atoms with van der Waals surface area (Å²) in [5.41, 5.74) is 1.12. The first kappa shape index (κ1) is 17.4. The van der Waals surface area contributed by atoms with Gasteiger partial charge < -0.3 is 10.3 Å². The minimum Gasteiger partial charge on any atom is -0.349 e. The SMILES string of the molecule is O=C(NC[C@@H](c1ccccc1)N1CCCCCC1)c1c[nH]c(=O)cn1. The number of aromatic nitrogens is 2. The van der Waals surface area contributed by atoms with E-state index in [2.05, 4.69) is 32.3 Å². The normalized spacial score (nSPS) is 16.8. The fraction of sp³-hybridized carbons (Fsp3) is 0.421. The van der Waals surface area contributed by atoms with Gasteiger partial charge in [-0.05, 0) is 31.5 Å². The van der Waals surface area contributed by atoms with Gasteiger partial charge in [-0.1, -0.05) is 43.2 Å². The third-order valence-corrected chi connectivity index (χ3v) is 4.63. The van der Waals surface area contributed by atoms with E-state index in [1.54, 1.807) is 0 Å². The highest BCUT2D eigenvalue weighted by Gasteiger charge is 2.22. The number of hydrogen-bond donors (Lipinski definition) is 2. The molecule has 1 atom stereocenters. The lowest BCUT2D eigenvalue weighted by Crippen LogP contribution is -2.39. The molecule has 6 heteroatoms. The molecule has 0 aliphatic carbocycles. The zero-order chi connectivity index (χ0) is 17.5. The maximum absolute atomic E-state index is 12.3. The molecule has 1 saturated heterocycles. The Labute approximate surface area is 147 Å². The van der Waals surface area contributed by atoms with Crippen molar-refractivity contribution in [3.05, 3.63) is 64.3 Å². The summed E-state index contributed by atoms with van der Waals surface area (Å²) in [5.74, 6) is -0.271. The summed E-state index contributed by atoms with van der Waals surface area (Å²) in [6, 6.07) is 10.4. The number of nitrogens with zero attached hydrogens (tertiary/aromatic N) is 2. The van der Waals surface area contributed by atoms with Gasteiger partial charge in [-0.25, -0.2) is 4.98 Å². The molecule has 0 spiro atoms. The van der Waals surface area contributed by atoms with E-state index in [0.717, 1.165) is 19.3 Å². The average Bonchev–Trinajstić information content (AvgIpc) is 2.93. The number of carbonyl (C=O) groups is 1. The predicted octanol–water partition coefficient (Wildman–Crippen LogP) is 2.12. The summed E-state index contributed by atoms with van der Waals surface area (Å²) in [6.07, 6.45) is 7.40. The summed E-state index contributed by atoms with van der Waals surface area (Å²) in [6.45, 7) is 2.61. The number of H-pyrrole nitrogens is 1. The van der Waals surface area contributed by atoms with Crippen LogP contribution in [0.25, 0.3) is 0 Å². The first-order valence-electron chi connectivity index (χ1n) is 8.86. The van der Waals surface area contributed by atoms with Crippen LogP contribution in [0.3, 0.4) is 0 Å². The van der Waals surface area contributed by atoms with E-state index in [1.165, 1.54) is 37.4 Å². The van der Waals surface area contributed by atoms with Gasteiger partial charge in [0.2, 0.25) is 0 Å². The van der Waals surface area contributed by atoms with Gasteiger partial charge in [-0.15, -0.1) is 0 Å². The fourth-order valence-electron chi connectivity index (χ4n) is 3.29. The first-order valence-corrected chi connectivity index (χ1v) is 8.86. The number of nitrogens with one attached hydrogen (secondary N) is 2. The van der Waals surface area contributed by atoms with Crippen molar-refractivity contribution in [1.29, 1.82) is 0 Å². The van der Waals surface area contributed by atoms with Crippen molar-refractivity contribution in [1.82, 2.24) is 20.2 Å². The van der Waals surface area contributed by atoms with Crippen LogP contribution in [0.4, 0.5) is 0 Å². The molecule has 2 aromatic rings. The number of carbonyl (C=O) groups excluding carboxylic acids is 1. The number of hydrogen-bond acceptors (Lipinski definition) is 4. The minimum atomic E-state index is -0.316. The quantitative estimate of drug-likeness (QED) is 0.874. The van der Waals surface area contributed by atoms with Gasteiger partial charge in [0.15, 0.2) is 0 Å². The van der Waals surface area contributed by atoms with Crippen molar-refractivity contribution in [2.45, 2.75) is 31.7 Å². The van der Waals surface area contributed by atoms with Gasteiger partial charge in [-0.3, -0.25) is 14.5 Å². The molecular formula is C19H24N4O2. The molecule has 2 N–H and O–H groups in total. The lowest BCUT2D eigenvalue weighted by Gasteiger charge is -2.31. The fourth-order valence-corrected chi connectivity index (χ4v) is 3.29. The Bertz CT molecular complexity index is 716. The van der Waals surface area contributed by atoms with Gasteiger partial charge in [0, 0.05) is 12.7 Å². The van der Waals surface area contributed by atoms with Crippen molar-refractivity contribution in [3.63, 3.8) is 0 Å². The molecule has 1 aromatic heterocycles. The van der Waals surface area contributed by atoms with Gasteiger partial charge in [0.25, 0.3) is 11.5 Å². The van der Waals surface area contributed by atoms with Crippen LogP contribution in [0.15, 0.2) is 47.5 Å². The summed E-state index contributed by atoms with van der Waals surface area (Å²) < 4.78 is 0. The van der Waals surface area contributed by atoms with Gasteiger partial charge >= 0.3 is 0 Å². The van der Waals surface area contributed by atoms with Crippen molar-refractivity contribution in [2.24, 2.45) is 0 Å². The molecule has 1 aliphatic rings. The summed E-state index contributed by atoms with van der Waals surface area (Å²) in [5, 5.41) is 2.97. The second-order valence-electron chi connectivity index (χ2n) is 6.38. The molecule has 0 unspecified atom stereocenters. The van der Waals surface area contributed by atoms with E-state index < -0.39 is 0 Å². The summed E-state index contributed by atoms with van der Waals surface area (Å²) >= 11 is 0. The highest BCUT2D eigenvalue weighted by Crippen LogP contribution is 2.23. The Morgan fingerprint density at radius 3 is 2.52 bits per heavy atom. The third kappa shape index (κ3) is 4.76. The van der Waals surface area contributed by atoms with Gasteiger partial charge in [0.1, 0.15) is 5.69 Å². The van der Waals surface area contributed by atoms with Crippen LogP contribution >= 0.6 is 0 Å². The molecular weight excluding hydrogens is 316 g/mol. The Morgan fingerprint density at radius 2 is 1.88 bits per heavy atom. The molecule has 1 aliphatic heterocycles. The largest absolute Gasteiger partial charge is 0.349 e. The Kier molecular flexibility index (Phi) is 5.95. The highest BCUT2D eigenvalue weighted by molar-refractivity contribution is 5.91. The molecule has 25 heavy (non-hydrogen) atoms. The average molecular weight is 340 g/mol. The zero-order valence-electron chi connectivity index (χ0n) is 14.3. The number of likely N-dealkylation sites (tertiary alicyclic amines) is 1. The lowest BCUT2D eigenvalue weighted by atomic mass is 10.0. The number of rotatable bonds is 5. The van der Waals surface area contributed by atoms with Crippen LogP contribution in [-0.2, 0) is 0 Å². The molecule has 1 fully saturated rings. The Morgan fingerprint density at radius 1 is 1.16 bits per heavy atom.